The van der Waals surface area contributed by atoms with Crippen LogP contribution >= 0.6 is 0 Å². The first kappa shape index (κ1) is 16.9. The molecule has 0 aromatic carbocycles. The molecular weight excluding hydrogens is 264 g/mol. The van der Waals surface area contributed by atoms with Gasteiger partial charge in [0.1, 0.15) is 9.84 Å². The molecule has 0 radical (unpaired) electrons. The first-order valence-electron chi connectivity index (χ1n) is 7.01. The van der Waals surface area contributed by atoms with E-state index in [0.717, 1.165) is 32.8 Å². The van der Waals surface area contributed by atoms with Crippen molar-refractivity contribution in [3.8, 4) is 0 Å². The second kappa shape index (κ2) is 7.02. The minimum Gasteiger partial charge on any atom is -0.379 e. The van der Waals surface area contributed by atoms with Crippen molar-refractivity contribution < 1.29 is 13.2 Å². The van der Waals surface area contributed by atoms with E-state index < -0.39 is 9.84 Å². The van der Waals surface area contributed by atoms with Gasteiger partial charge in [-0.1, -0.05) is 6.92 Å². The van der Waals surface area contributed by atoms with Crippen LogP contribution in [0.25, 0.3) is 0 Å². The van der Waals surface area contributed by atoms with E-state index in [1.54, 1.807) is 0 Å². The number of hydrogen-bond acceptors (Lipinski definition) is 5. The van der Waals surface area contributed by atoms with E-state index in [4.69, 9.17) is 4.74 Å². The van der Waals surface area contributed by atoms with Crippen LogP contribution in [-0.2, 0) is 14.6 Å². The van der Waals surface area contributed by atoms with Gasteiger partial charge in [-0.05, 0) is 26.8 Å². The molecule has 1 fully saturated rings. The Balaban J connectivity index is 2.71. The second-order valence-corrected chi connectivity index (χ2v) is 8.04. The van der Waals surface area contributed by atoms with Gasteiger partial charge in [0, 0.05) is 30.9 Å². The third-order valence-electron chi connectivity index (χ3n) is 3.91. The summed E-state index contributed by atoms with van der Waals surface area (Å²) in [5, 5.41) is 3.45. The lowest BCUT2D eigenvalue weighted by molar-refractivity contribution is -0.0234. The van der Waals surface area contributed by atoms with Crippen molar-refractivity contribution in [3.63, 3.8) is 0 Å². The molecule has 6 heteroatoms. The zero-order chi connectivity index (χ0) is 14.5. The van der Waals surface area contributed by atoms with Crippen molar-refractivity contribution in [3.05, 3.63) is 0 Å². The topological polar surface area (TPSA) is 58.6 Å². The quantitative estimate of drug-likeness (QED) is 0.741. The molecule has 1 heterocycles. The summed E-state index contributed by atoms with van der Waals surface area (Å²) in [6.07, 6.45) is 1.95. The average Bonchev–Trinajstić information content (AvgIpc) is 2.34. The van der Waals surface area contributed by atoms with Gasteiger partial charge in [-0.3, -0.25) is 4.90 Å². The van der Waals surface area contributed by atoms with Gasteiger partial charge in [-0.25, -0.2) is 8.42 Å². The van der Waals surface area contributed by atoms with Crippen LogP contribution in [0.5, 0.6) is 0 Å². The Morgan fingerprint density at radius 2 is 1.89 bits per heavy atom. The minimum absolute atomic E-state index is 0.0650. The number of nitrogens with zero attached hydrogens (tertiary/aromatic N) is 1. The van der Waals surface area contributed by atoms with Crippen LogP contribution in [0.2, 0.25) is 0 Å². The standard InChI is InChI=1S/C13H28N2O3S/c1-5-14-12(6-11-19(4,16)17)13(2,3)15-7-9-18-10-8-15/h12,14H,5-11H2,1-4H3. The summed E-state index contributed by atoms with van der Waals surface area (Å²) in [5.74, 6) is 0.235. The lowest BCUT2D eigenvalue weighted by Gasteiger charge is -2.46. The molecule has 1 saturated heterocycles. The van der Waals surface area contributed by atoms with E-state index in [1.807, 2.05) is 0 Å². The molecule has 1 aliphatic rings. The molecule has 1 unspecified atom stereocenters. The summed E-state index contributed by atoms with van der Waals surface area (Å²) >= 11 is 0. The van der Waals surface area contributed by atoms with E-state index >= 15 is 0 Å². The summed E-state index contributed by atoms with van der Waals surface area (Å²) in [6.45, 7) is 10.6. The molecule has 5 nitrogen and oxygen atoms in total. The van der Waals surface area contributed by atoms with Crippen LogP contribution in [0.1, 0.15) is 27.2 Å². The molecule has 1 aliphatic heterocycles. The average molecular weight is 292 g/mol. The molecule has 1 rings (SSSR count). The maximum absolute atomic E-state index is 11.4. The molecule has 0 aliphatic carbocycles. The van der Waals surface area contributed by atoms with Crippen molar-refractivity contribution in [2.45, 2.75) is 38.8 Å². The Morgan fingerprint density at radius 1 is 1.32 bits per heavy atom. The smallest absolute Gasteiger partial charge is 0.147 e. The van der Waals surface area contributed by atoms with Gasteiger partial charge in [0.15, 0.2) is 0 Å². The summed E-state index contributed by atoms with van der Waals surface area (Å²) in [5.41, 5.74) is -0.0650. The molecule has 19 heavy (non-hydrogen) atoms. The van der Waals surface area contributed by atoms with Crippen LogP contribution in [0.15, 0.2) is 0 Å². The van der Waals surface area contributed by atoms with Crippen molar-refractivity contribution in [2.75, 3.05) is 44.9 Å². The van der Waals surface area contributed by atoms with Crippen molar-refractivity contribution in [2.24, 2.45) is 0 Å². The Bertz CT molecular complexity index is 362. The first-order chi connectivity index (χ1) is 8.77. The highest BCUT2D eigenvalue weighted by atomic mass is 32.2. The van der Waals surface area contributed by atoms with Gasteiger partial charge in [0.2, 0.25) is 0 Å². The van der Waals surface area contributed by atoms with Gasteiger partial charge in [-0.15, -0.1) is 0 Å². The molecule has 0 aromatic heterocycles. The van der Waals surface area contributed by atoms with Gasteiger partial charge in [0.25, 0.3) is 0 Å². The molecule has 0 spiro atoms. The Morgan fingerprint density at radius 3 is 2.37 bits per heavy atom. The van der Waals surface area contributed by atoms with E-state index in [-0.39, 0.29) is 17.3 Å². The number of likely N-dealkylation sites (N-methyl/N-ethyl adjacent to an activating group) is 1. The van der Waals surface area contributed by atoms with E-state index in [1.165, 1.54) is 6.26 Å². The van der Waals surface area contributed by atoms with E-state index in [9.17, 15) is 8.42 Å². The zero-order valence-electron chi connectivity index (χ0n) is 12.6. The largest absolute Gasteiger partial charge is 0.379 e. The maximum Gasteiger partial charge on any atom is 0.147 e. The predicted octanol–water partition coefficient (Wildman–Crippen LogP) is 0.510. The highest BCUT2D eigenvalue weighted by Crippen LogP contribution is 2.23. The Labute approximate surface area is 117 Å². The molecule has 0 amide bonds. The van der Waals surface area contributed by atoms with E-state index in [0.29, 0.717) is 6.42 Å². The van der Waals surface area contributed by atoms with Crippen LogP contribution in [-0.4, -0.2) is 69.8 Å². The van der Waals surface area contributed by atoms with Crippen molar-refractivity contribution in [1.29, 1.82) is 0 Å². The van der Waals surface area contributed by atoms with Gasteiger partial charge >= 0.3 is 0 Å². The minimum atomic E-state index is -2.91. The molecule has 0 bridgehead atoms. The van der Waals surface area contributed by atoms with Gasteiger partial charge < -0.3 is 10.1 Å². The summed E-state index contributed by atoms with van der Waals surface area (Å²) in [6, 6.07) is 0.172. The van der Waals surface area contributed by atoms with Gasteiger partial charge in [0.05, 0.1) is 19.0 Å². The Kier molecular flexibility index (Phi) is 6.23. The fraction of sp³-hybridized carbons (Fsp3) is 1.00. The predicted molar refractivity (Wildman–Crippen MR) is 78.3 cm³/mol. The van der Waals surface area contributed by atoms with Crippen molar-refractivity contribution >= 4 is 9.84 Å². The SMILES string of the molecule is CCNC(CCS(C)(=O)=O)C(C)(C)N1CCOCC1. The number of hydrogen-bond donors (Lipinski definition) is 1. The van der Waals surface area contributed by atoms with Crippen LogP contribution in [0.4, 0.5) is 0 Å². The normalized spacial score (nSPS) is 20.4. The van der Waals surface area contributed by atoms with E-state index in [2.05, 4.69) is 31.0 Å². The zero-order valence-corrected chi connectivity index (χ0v) is 13.4. The lowest BCUT2D eigenvalue weighted by Crippen LogP contribution is -2.60. The molecular formula is C13H28N2O3S. The van der Waals surface area contributed by atoms with Crippen LogP contribution in [0.3, 0.4) is 0 Å². The molecule has 1 N–H and O–H groups in total. The van der Waals surface area contributed by atoms with Crippen LogP contribution in [0, 0.1) is 0 Å². The molecule has 114 valence electrons. The molecule has 0 aromatic rings. The second-order valence-electron chi connectivity index (χ2n) is 5.78. The molecule has 0 saturated carbocycles. The highest BCUT2D eigenvalue weighted by Gasteiger charge is 2.35. The first-order valence-corrected chi connectivity index (χ1v) is 9.07. The number of ether oxygens (including phenoxy) is 1. The number of rotatable bonds is 7. The molecule has 1 atom stereocenters. The monoisotopic (exact) mass is 292 g/mol. The third-order valence-corrected chi connectivity index (χ3v) is 4.88. The summed E-state index contributed by atoms with van der Waals surface area (Å²) in [7, 11) is -2.91. The fourth-order valence-corrected chi connectivity index (χ4v) is 3.31. The number of morpholine rings is 1. The number of nitrogens with one attached hydrogen (secondary N) is 1. The van der Waals surface area contributed by atoms with Crippen molar-refractivity contribution in [1.82, 2.24) is 10.2 Å². The maximum atomic E-state index is 11.4. The Hall–Kier alpha value is -0.170. The highest BCUT2D eigenvalue weighted by molar-refractivity contribution is 7.90. The van der Waals surface area contributed by atoms with Crippen LogP contribution < -0.4 is 5.32 Å². The number of sulfone groups is 1. The van der Waals surface area contributed by atoms with Gasteiger partial charge in [-0.2, -0.15) is 0 Å². The summed E-state index contributed by atoms with van der Waals surface area (Å²) in [4.78, 5) is 2.39. The lowest BCUT2D eigenvalue weighted by atomic mass is 9.89. The fourth-order valence-electron chi connectivity index (χ4n) is 2.64. The summed E-state index contributed by atoms with van der Waals surface area (Å²) < 4.78 is 28.2. The third kappa shape index (κ3) is 5.38.